The molecule has 1 aliphatic rings. The number of unbranched alkanes of at least 4 members (excludes halogenated alkanes) is 1. The number of anilines is 1. The number of carbonyl (C=O) groups is 1. The lowest BCUT2D eigenvalue weighted by Gasteiger charge is -2.36. The third-order valence-corrected chi connectivity index (χ3v) is 7.22. The van der Waals surface area contributed by atoms with Gasteiger partial charge >= 0.3 is 10.4 Å². The number of aromatic amines is 1. The van der Waals surface area contributed by atoms with E-state index in [0.29, 0.717) is 11.1 Å². The highest BCUT2D eigenvalue weighted by molar-refractivity contribution is 7.81. The molecule has 1 saturated heterocycles. The van der Waals surface area contributed by atoms with Crippen molar-refractivity contribution in [3.05, 3.63) is 59.5 Å². The maximum Gasteiger partial charge on any atom is 0.446 e. The van der Waals surface area contributed by atoms with Gasteiger partial charge in [-0.1, -0.05) is 0 Å². The Kier molecular flexibility index (Phi) is 6.98. The van der Waals surface area contributed by atoms with Gasteiger partial charge in [-0.05, 0) is 61.7 Å². The number of nitrogens with one attached hydrogen (secondary N) is 1. The van der Waals surface area contributed by atoms with E-state index in [2.05, 4.69) is 19.0 Å². The highest BCUT2D eigenvalue weighted by Gasteiger charge is 2.19. The predicted octanol–water partition coefficient (Wildman–Crippen LogP) is 3.21. The summed E-state index contributed by atoms with van der Waals surface area (Å²) in [6.07, 6.45) is 4.63. The fourth-order valence-corrected chi connectivity index (χ4v) is 5.28. The van der Waals surface area contributed by atoms with Crippen LogP contribution in [0, 0.1) is 11.3 Å². The molecule has 1 fully saturated rings. The minimum Gasteiger partial charge on any atom is -0.451 e. The van der Waals surface area contributed by atoms with Crippen LogP contribution in [-0.2, 0) is 16.8 Å². The highest BCUT2D eigenvalue weighted by Crippen LogP contribution is 2.29. The molecule has 0 atom stereocenters. The second-order valence-electron chi connectivity index (χ2n) is 9.31. The number of primary amides is 1. The van der Waals surface area contributed by atoms with Crippen molar-refractivity contribution in [2.24, 2.45) is 5.73 Å². The zero-order valence-corrected chi connectivity index (χ0v) is 21.3. The summed E-state index contributed by atoms with van der Waals surface area (Å²) in [5.41, 5.74) is 8.76. The lowest BCUT2D eigenvalue weighted by Crippen LogP contribution is -2.46. The summed E-state index contributed by atoms with van der Waals surface area (Å²) < 4.78 is 41.1. The number of hydrogen-bond acceptors (Lipinski definition) is 8. The molecule has 5 rings (SSSR count). The standard InChI is InChI=1S/C26H27N5O6S/c27-15-19-12-21-17(16-29-22(21)14-24(19)37-38(33,34)35)3-1-2-6-30-7-9-31(10-8-30)20-4-5-23-18(11-20)13-25(36-23)26(28)32/h4-5,11-14,16,29H,1-3,6-10H2,(H2,28,32)(H,33,34,35). The number of carbonyl (C=O) groups excluding carboxylic acids is 1. The highest BCUT2D eigenvalue weighted by atomic mass is 32.3. The number of H-pyrrole nitrogens is 1. The summed E-state index contributed by atoms with van der Waals surface area (Å²) in [7, 11) is -4.72. The molecule has 4 N–H and O–H groups in total. The van der Waals surface area contributed by atoms with Gasteiger partial charge in [-0.2, -0.15) is 13.7 Å². The van der Waals surface area contributed by atoms with E-state index in [9.17, 15) is 18.5 Å². The van der Waals surface area contributed by atoms with Gasteiger partial charge in [0, 0.05) is 60.4 Å². The SMILES string of the molecule is N#Cc1cc2c(CCCCN3CCN(c4ccc5oc(C(N)=O)cc5c4)CC3)c[nH]c2cc1OS(=O)(=O)O. The molecule has 0 spiro atoms. The van der Waals surface area contributed by atoms with E-state index in [1.165, 1.54) is 6.07 Å². The van der Waals surface area contributed by atoms with Crippen LogP contribution in [0.3, 0.4) is 0 Å². The van der Waals surface area contributed by atoms with Crippen LogP contribution >= 0.6 is 0 Å². The summed E-state index contributed by atoms with van der Waals surface area (Å²) in [4.78, 5) is 19.2. The average Bonchev–Trinajstić information content (AvgIpc) is 3.49. The monoisotopic (exact) mass is 537 g/mol. The Hall–Kier alpha value is -4.05. The number of aromatic nitrogens is 1. The molecular weight excluding hydrogens is 510 g/mol. The Bertz CT molecular complexity index is 1640. The van der Waals surface area contributed by atoms with Crippen LogP contribution in [-0.4, -0.2) is 61.5 Å². The number of benzene rings is 2. The molecule has 1 amide bonds. The molecule has 4 aromatic rings. The van der Waals surface area contributed by atoms with Gasteiger partial charge in [0.25, 0.3) is 5.91 Å². The fraction of sp³-hybridized carbons (Fsp3) is 0.308. The smallest absolute Gasteiger partial charge is 0.446 e. The van der Waals surface area contributed by atoms with E-state index < -0.39 is 16.3 Å². The summed E-state index contributed by atoms with van der Waals surface area (Å²) in [6, 6.07) is 12.5. The first kappa shape index (κ1) is 25.6. The molecule has 38 heavy (non-hydrogen) atoms. The summed E-state index contributed by atoms with van der Waals surface area (Å²) in [5, 5.41) is 11.1. The van der Waals surface area contributed by atoms with Gasteiger partial charge in [0.1, 0.15) is 11.7 Å². The van der Waals surface area contributed by atoms with Crippen molar-refractivity contribution in [3.8, 4) is 11.8 Å². The zero-order chi connectivity index (χ0) is 26.9. The zero-order valence-electron chi connectivity index (χ0n) is 20.5. The Labute approximate surface area is 219 Å². The number of nitrogens with two attached hydrogens (primary N) is 1. The van der Waals surface area contributed by atoms with Crippen LogP contribution in [0.5, 0.6) is 5.75 Å². The van der Waals surface area contributed by atoms with E-state index in [1.807, 2.05) is 30.5 Å². The average molecular weight is 538 g/mol. The minimum atomic E-state index is -4.72. The Balaban J connectivity index is 1.12. The summed E-state index contributed by atoms with van der Waals surface area (Å²) in [6.45, 7) is 4.68. The number of nitrogens with zero attached hydrogens (tertiary/aromatic N) is 3. The van der Waals surface area contributed by atoms with Crippen molar-refractivity contribution in [3.63, 3.8) is 0 Å². The second kappa shape index (κ2) is 10.4. The molecule has 11 nitrogen and oxygen atoms in total. The number of furan rings is 1. The molecule has 2 aromatic heterocycles. The fourth-order valence-electron chi connectivity index (χ4n) is 4.91. The Morgan fingerprint density at radius 3 is 2.66 bits per heavy atom. The number of piperazine rings is 1. The van der Waals surface area contributed by atoms with Gasteiger partial charge in [0.15, 0.2) is 11.5 Å². The van der Waals surface area contributed by atoms with E-state index in [-0.39, 0.29) is 17.1 Å². The molecule has 3 heterocycles. The van der Waals surface area contributed by atoms with Gasteiger partial charge in [0.2, 0.25) is 0 Å². The summed E-state index contributed by atoms with van der Waals surface area (Å²) in [5.74, 6) is -0.626. The topological polar surface area (TPSA) is 166 Å². The van der Waals surface area contributed by atoms with E-state index in [1.54, 1.807) is 12.1 Å². The van der Waals surface area contributed by atoms with Crippen molar-refractivity contribution < 1.29 is 26.4 Å². The number of amides is 1. The molecule has 0 radical (unpaired) electrons. The van der Waals surface area contributed by atoms with E-state index >= 15 is 0 Å². The predicted molar refractivity (Wildman–Crippen MR) is 142 cm³/mol. The molecule has 0 saturated carbocycles. The molecule has 2 aromatic carbocycles. The number of nitriles is 1. The summed E-state index contributed by atoms with van der Waals surface area (Å²) >= 11 is 0. The largest absolute Gasteiger partial charge is 0.451 e. The van der Waals surface area contributed by atoms with Crippen LogP contribution in [0.25, 0.3) is 21.9 Å². The van der Waals surface area contributed by atoms with Crippen LogP contribution in [0.2, 0.25) is 0 Å². The van der Waals surface area contributed by atoms with Crippen molar-refractivity contribution in [1.82, 2.24) is 9.88 Å². The Morgan fingerprint density at radius 1 is 1.16 bits per heavy atom. The lowest BCUT2D eigenvalue weighted by molar-refractivity contribution is 0.0976. The van der Waals surface area contributed by atoms with Crippen LogP contribution in [0.1, 0.15) is 34.5 Å². The normalized spacial score (nSPS) is 14.7. The lowest BCUT2D eigenvalue weighted by atomic mass is 10.0. The molecule has 12 heteroatoms. The first-order chi connectivity index (χ1) is 18.2. The van der Waals surface area contributed by atoms with Crippen molar-refractivity contribution in [2.75, 3.05) is 37.6 Å². The van der Waals surface area contributed by atoms with Gasteiger partial charge in [-0.3, -0.25) is 14.2 Å². The van der Waals surface area contributed by atoms with Crippen LogP contribution in [0.15, 0.2) is 47.0 Å². The number of aryl methyl sites for hydroxylation is 1. The molecule has 1 aliphatic heterocycles. The quantitative estimate of drug-likeness (QED) is 0.215. The Morgan fingerprint density at radius 2 is 1.95 bits per heavy atom. The third kappa shape index (κ3) is 5.60. The molecule has 0 bridgehead atoms. The van der Waals surface area contributed by atoms with Crippen molar-refractivity contribution >= 4 is 43.9 Å². The molecular formula is C26H27N5O6S. The first-order valence-electron chi connectivity index (χ1n) is 12.2. The number of fused-ring (bicyclic) bond motifs is 2. The number of hydrogen-bond donors (Lipinski definition) is 3. The maximum absolute atomic E-state index is 11.4. The minimum absolute atomic E-state index is 0.0362. The van der Waals surface area contributed by atoms with Crippen molar-refractivity contribution in [2.45, 2.75) is 19.3 Å². The van der Waals surface area contributed by atoms with Gasteiger partial charge in [0.05, 0.1) is 5.56 Å². The molecule has 198 valence electrons. The van der Waals surface area contributed by atoms with Crippen molar-refractivity contribution in [1.29, 1.82) is 5.26 Å². The van der Waals surface area contributed by atoms with Gasteiger partial charge < -0.3 is 24.2 Å². The van der Waals surface area contributed by atoms with Gasteiger partial charge in [-0.15, -0.1) is 0 Å². The van der Waals surface area contributed by atoms with Crippen LogP contribution in [0.4, 0.5) is 5.69 Å². The van der Waals surface area contributed by atoms with Crippen LogP contribution < -0.4 is 14.8 Å². The number of rotatable bonds is 9. The third-order valence-electron chi connectivity index (χ3n) is 6.83. The molecule has 0 aliphatic carbocycles. The maximum atomic E-state index is 11.4. The van der Waals surface area contributed by atoms with E-state index in [0.717, 1.165) is 74.0 Å². The second-order valence-corrected chi connectivity index (χ2v) is 10.3. The molecule has 0 unspecified atom stereocenters. The van der Waals surface area contributed by atoms with Gasteiger partial charge in [-0.25, -0.2) is 0 Å². The van der Waals surface area contributed by atoms with E-state index in [4.69, 9.17) is 14.7 Å². The first-order valence-corrected chi connectivity index (χ1v) is 13.6.